The van der Waals surface area contributed by atoms with Crippen LogP contribution in [0.15, 0.2) is 29.8 Å². The number of carboxylic acid groups (broad SMARTS) is 1. The lowest BCUT2D eigenvalue weighted by atomic mass is 10.1. The van der Waals surface area contributed by atoms with E-state index in [1.54, 1.807) is 0 Å². The van der Waals surface area contributed by atoms with Crippen molar-refractivity contribution in [2.75, 3.05) is 11.9 Å². The lowest BCUT2D eigenvalue weighted by Crippen LogP contribution is -2.05. The molecule has 4 heteroatoms. The van der Waals surface area contributed by atoms with E-state index in [-0.39, 0.29) is 5.56 Å². The van der Waals surface area contributed by atoms with E-state index in [1.807, 2.05) is 0 Å². The fraction of sp³-hybridized carbons (Fsp3) is 0.357. The first-order chi connectivity index (χ1) is 8.66. The van der Waals surface area contributed by atoms with Crippen LogP contribution in [0.25, 0.3) is 0 Å². The van der Waals surface area contributed by atoms with E-state index < -0.39 is 11.8 Å². The number of halogens is 1. The number of hydrogen-bond acceptors (Lipinski definition) is 2. The average Bonchev–Trinajstić information content (AvgIpc) is 2.84. The maximum Gasteiger partial charge on any atom is 0.335 e. The Labute approximate surface area is 105 Å². The fourth-order valence-electron chi connectivity index (χ4n) is 2.11. The van der Waals surface area contributed by atoms with Crippen LogP contribution in [0.4, 0.5) is 10.1 Å². The minimum Gasteiger partial charge on any atom is -0.478 e. The molecule has 0 heterocycles. The number of nitrogens with one attached hydrogen (secondary N) is 1. The standard InChI is InChI=1S/C14H16FNO2/c15-12-9-11(14(17)18)5-6-13(12)16-8-7-10-3-1-2-4-10/h3,5-6,9,16H,1-2,4,7-8H2,(H,17,18). The van der Waals surface area contributed by atoms with Gasteiger partial charge >= 0.3 is 5.97 Å². The van der Waals surface area contributed by atoms with Crippen molar-refractivity contribution in [2.24, 2.45) is 0 Å². The first-order valence-electron chi connectivity index (χ1n) is 6.11. The molecule has 0 aliphatic heterocycles. The number of rotatable bonds is 5. The maximum atomic E-state index is 13.6. The third-order valence-electron chi connectivity index (χ3n) is 3.11. The molecule has 0 bridgehead atoms. The number of allylic oxidation sites excluding steroid dienone is 1. The summed E-state index contributed by atoms with van der Waals surface area (Å²) >= 11 is 0. The van der Waals surface area contributed by atoms with Gasteiger partial charge in [0.15, 0.2) is 0 Å². The van der Waals surface area contributed by atoms with Crippen molar-refractivity contribution in [3.8, 4) is 0 Å². The van der Waals surface area contributed by atoms with Crippen LogP contribution in [0.5, 0.6) is 0 Å². The molecule has 0 atom stereocenters. The number of carbonyl (C=O) groups is 1. The van der Waals surface area contributed by atoms with Crippen molar-refractivity contribution >= 4 is 11.7 Å². The van der Waals surface area contributed by atoms with Gasteiger partial charge in [-0.1, -0.05) is 11.6 Å². The highest BCUT2D eigenvalue weighted by molar-refractivity contribution is 5.88. The highest BCUT2D eigenvalue weighted by atomic mass is 19.1. The van der Waals surface area contributed by atoms with Crippen molar-refractivity contribution in [3.05, 3.63) is 41.2 Å². The van der Waals surface area contributed by atoms with Gasteiger partial charge in [-0.25, -0.2) is 9.18 Å². The molecule has 0 amide bonds. The molecule has 2 rings (SSSR count). The molecule has 1 aliphatic rings. The third kappa shape index (κ3) is 3.09. The Hall–Kier alpha value is -1.84. The molecule has 3 nitrogen and oxygen atoms in total. The van der Waals surface area contributed by atoms with Crippen molar-refractivity contribution < 1.29 is 14.3 Å². The van der Waals surface area contributed by atoms with Crippen LogP contribution >= 0.6 is 0 Å². The molecule has 0 unspecified atom stereocenters. The first kappa shape index (κ1) is 12.6. The molecule has 0 spiro atoms. The Morgan fingerprint density at radius 1 is 1.44 bits per heavy atom. The third-order valence-corrected chi connectivity index (χ3v) is 3.11. The summed E-state index contributed by atoms with van der Waals surface area (Å²) in [4.78, 5) is 10.7. The fourth-order valence-corrected chi connectivity index (χ4v) is 2.11. The Balaban J connectivity index is 1.91. The van der Waals surface area contributed by atoms with E-state index in [9.17, 15) is 9.18 Å². The normalized spacial score (nSPS) is 14.4. The molecule has 1 aromatic carbocycles. The average molecular weight is 249 g/mol. The Bertz CT molecular complexity index is 483. The first-order valence-corrected chi connectivity index (χ1v) is 6.11. The van der Waals surface area contributed by atoms with E-state index in [2.05, 4.69) is 11.4 Å². The number of hydrogen-bond donors (Lipinski definition) is 2. The highest BCUT2D eigenvalue weighted by Gasteiger charge is 2.08. The van der Waals surface area contributed by atoms with Crippen LogP contribution in [-0.4, -0.2) is 17.6 Å². The van der Waals surface area contributed by atoms with Gasteiger partial charge in [-0.2, -0.15) is 0 Å². The van der Waals surface area contributed by atoms with Crippen LogP contribution < -0.4 is 5.32 Å². The smallest absolute Gasteiger partial charge is 0.335 e. The van der Waals surface area contributed by atoms with Crippen LogP contribution in [0.3, 0.4) is 0 Å². The highest BCUT2D eigenvalue weighted by Crippen LogP contribution is 2.21. The van der Waals surface area contributed by atoms with E-state index in [0.717, 1.165) is 25.3 Å². The molecular weight excluding hydrogens is 233 g/mol. The monoisotopic (exact) mass is 249 g/mol. The van der Waals surface area contributed by atoms with Gasteiger partial charge in [0, 0.05) is 6.54 Å². The molecule has 0 radical (unpaired) electrons. The summed E-state index contributed by atoms with van der Waals surface area (Å²) in [6, 6.07) is 3.92. The zero-order chi connectivity index (χ0) is 13.0. The van der Waals surface area contributed by atoms with Crippen molar-refractivity contribution in [2.45, 2.75) is 25.7 Å². The number of anilines is 1. The minimum absolute atomic E-state index is 0.0310. The quantitative estimate of drug-likeness (QED) is 0.786. The van der Waals surface area contributed by atoms with Gasteiger partial charge < -0.3 is 10.4 Å². The molecule has 1 aromatic rings. The zero-order valence-electron chi connectivity index (χ0n) is 10.1. The van der Waals surface area contributed by atoms with Gasteiger partial charge in [0.05, 0.1) is 11.3 Å². The lowest BCUT2D eigenvalue weighted by molar-refractivity contribution is 0.0696. The summed E-state index contributed by atoms with van der Waals surface area (Å²) in [5.41, 5.74) is 1.75. The summed E-state index contributed by atoms with van der Waals surface area (Å²) in [7, 11) is 0. The molecule has 96 valence electrons. The van der Waals surface area contributed by atoms with Crippen LogP contribution in [-0.2, 0) is 0 Å². The zero-order valence-corrected chi connectivity index (χ0v) is 10.1. The van der Waals surface area contributed by atoms with Crippen molar-refractivity contribution in [1.82, 2.24) is 0 Å². The molecule has 0 saturated heterocycles. The van der Waals surface area contributed by atoms with Gasteiger partial charge in [0.25, 0.3) is 0 Å². The molecule has 18 heavy (non-hydrogen) atoms. The SMILES string of the molecule is O=C(O)c1ccc(NCCC2=CCCC2)c(F)c1. The second-order valence-corrected chi connectivity index (χ2v) is 4.43. The van der Waals surface area contributed by atoms with Gasteiger partial charge in [-0.05, 0) is 43.9 Å². The summed E-state index contributed by atoms with van der Waals surface area (Å²) in [6.45, 7) is 0.676. The van der Waals surface area contributed by atoms with Gasteiger partial charge in [0.1, 0.15) is 5.82 Å². The number of carboxylic acids is 1. The molecule has 0 saturated carbocycles. The van der Waals surface area contributed by atoms with Gasteiger partial charge in [-0.15, -0.1) is 0 Å². The Morgan fingerprint density at radius 2 is 2.28 bits per heavy atom. The summed E-state index contributed by atoms with van der Waals surface area (Å²) in [6.07, 6.45) is 6.67. The largest absolute Gasteiger partial charge is 0.478 e. The molecular formula is C14H16FNO2. The van der Waals surface area contributed by atoms with Crippen LogP contribution in [0.1, 0.15) is 36.0 Å². The summed E-state index contributed by atoms with van der Waals surface area (Å²) in [5.74, 6) is -1.63. The van der Waals surface area contributed by atoms with E-state index in [4.69, 9.17) is 5.11 Å². The van der Waals surface area contributed by atoms with E-state index in [0.29, 0.717) is 12.2 Å². The topological polar surface area (TPSA) is 49.3 Å². The van der Waals surface area contributed by atoms with Crippen LogP contribution in [0.2, 0.25) is 0 Å². The second-order valence-electron chi connectivity index (χ2n) is 4.43. The van der Waals surface area contributed by atoms with E-state index in [1.165, 1.54) is 24.1 Å². The van der Waals surface area contributed by atoms with E-state index >= 15 is 0 Å². The number of aromatic carboxylic acids is 1. The van der Waals surface area contributed by atoms with Crippen molar-refractivity contribution in [1.29, 1.82) is 0 Å². The Kier molecular flexibility index (Phi) is 3.97. The molecule has 1 aliphatic carbocycles. The van der Waals surface area contributed by atoms with Crippen LogP contribution in [0, 0.1) is 5.82 Å². The number of benzene rings is 1. The van der Waals surface area contributed by atoms with Gasteiger partial charge in [-0.3, -0.25) is 0 Å². The van der Waals surface area contributed by atoms with Gasteiger partial charge in [0.2, 0.25) is 0 Å². The molecule has 0 fully saturated rings. The van der Waals surface area contributed by atoms with Crippen molar-refractivity contribution in [3.63, 3.8) is 0 Å². The molecule has 0 aromatic heterocycles. The summed E-state index contributed by atoms with van der Waals surface area (Å²) in [5, 5.41) is 11.7. The predicted molar refractivity (Wildman–Crippen MR) is 68.4 cm³/mol. The predicted octanol–water partition coefficient (Wildman–Crippen LogP) is 3.44. The summed E-state index contributed by atoms with van der Waals surface area (Å²) < 4.78 is 13.6. The molecule has 2 N–H and O–H groups in total. The minimum atomic E-state index is -1.11. The lowest BCUT2D eigenvalue weighted by Gasteiger charge is -2.08. The second kappa shape index (κ2) is 5.67. The maximum absolute atomic E-state index is 13.6. The Morgan fingerprint density at radius 3 is 2.89 bits per heavy atom.